The first-order valence-corrected chi connectivity index (χ1v) is 4.90. The summed E-state index contributed by atoms with van der Waals surface area (Å²) in [5, 5.41) is 12.7. The highest BCUT2D eigenvalue weighted by molar-refractivity contribution is 5.70. The van der Waals surface area contributed by atoms with Gasteiger partial charge >= 0.3 is 5.97 Å². The monoisotopic (exact) mass is 260 g/mol. The van der Waals surface area contributed by atoms with Crippen LogP contribution < -0.4 is 5.32 Å². The Balaban J connectivity index is 2.78. The highest BCUT2D eigenvalue weighted by Crippen LogP contribution is 2.24. The van der Waals surface area contributed by atoms with Gasteiger partial charge < -0.3 is 10.1 Å². The molecule has 1 aromatic rings. The van der Waals surface area contributed by atoms with Crippen LogP contribution in [0.3, 0.4) is 0 Å². The Morgan fingerprint density at radius 3 is 2.44 bits per heavy atom. The third-order valence-corrected chi connectivity index (χ3v) is 2.10. The van der Waals surface area contributed by atoms with Gasteiger partial charge in [0.1, 0.15) is 5.69 Å². The van der Waals surface area contributed by atoms with Crippen molar-refractivity contribution in [2.75, 3.05) is 19.0 Å². The van der Waals surface area contributed by atoms with Gasteiger partial charge in [-0.15, -0.1) is 0 Å². The number of rotatable bonds is 5. The average molecular weight is 260 g/mol. The predicted molar refractivity (Wildman–Crippen MR) is 58.1 cm³/mol. The van der Waals surface area contributed by atoms with Crippen molar-refractivity contribution < 1.29 is 23.2 Å². The van der Waals surface area contributed by atoms with Crippen LogP contribution in [0.4, 0.5) is 20.2 Å². The fraction of sp³-hybridized carbons (Fsp3) is 0.300. The van der Waals surface area contributed by atoms with Crippen molar-refractivity contribution in [1.82, 2.24) is 0 Å². The molecule has 0 heterocycles. The Kier molecular flexibility index (Phi) is 4.52. The molecule has 0 aliphatic rings. The van der Waals surface area contributed by atoms with Gasteiger partial charge in [0, 0.05) is 6.54 Å². The number of nitrogens with one attached hydrogen (secondary N) is 1. The lowest BCUT2D eigenvalue weighted by atomic mass is 10.2. The number of nitro groups is 1. The van der Waals surface area contributed by atoms with Crippen LogP contribution in [0.5, 0.6) is 0 Å². The number of hydrogen-bond donors (Lipinski definition) is 1. The molecular formula is C10H10F2N2O4. The molecule has 8 heteroatoms. The van der Waals surface area contributed by atoms with E-state index in [-0.39, 0.29) is 13.0 Å². The van der Waals surface area contributed by atoms with Crippen molar-refractivity contribution in [2.45, 2.75) is 6.42 Å². The molecule has 0 aliphatic carbocycles. The molecule has 0 aromatic heterocycles. The fourth-order valence-corrected chi connectivity index (χ4v) is 1.23. The maximum Gasteiger partial charge on any atom is 0.307 e. The molecule has 0 fully saturated rings. The fourth-order valence-electron chi connectivity index (χ4n) is 1.23. The normalized spacial score (nSPS) is 9.94. The first kappa shape index (κ1) is 13.8. The Morgan fingerprint density at radius 2 is 2.00 bits per heavy atom. The molecule has 0 saturated carbocycles. The maximum atomic E-state index is 13.4. The summed E-state index contributed by atoms with van der Waals surface area (Å²) in [6.07, 6.45) is -0.0770. The molecule has 0 saturated heterocycles. The van der Waals surface area contributed by atoms with Gasteiger partial charge in [0.05, 0.1) is 30.6 Å². The Labute approximate surface area is 101 Å². The van der Waals surface area contributed by atoms with E-state index in [1.54, 1.807) is 0 Å². The highest BCUT2D eigenvalue weighted by atomic mass is 19.1. The van der Waals surface area contributed by atoms with E-state index in [0.717, 1.165) is 0 Å². The average Bonchev–Trinajstić information content (AvgIpc) is 2.31. The van der Waals surface area contributed by atoms with Crippen molar-refractivity contribution in [3.05, 3.63) is 33.9 Å². The molecular weight excluding hydrogens is 250 g/mol. The van der Waals surface area contributed by atoms with Crippen molar-refractivity contribution in [2.24, 2.45) is 0 Å². The summed E-state index contributed by atoms with van der Waals surface area (Å²) in [5.41, 5.74) is -1.19. The quantitative estimate of drug-likeness (QED) is 0.496. The van der Waals surface area contributed by atoms with Crippen molar-refractivity contribution in [1.29, 1.82) is 0 Å². The molecule has 0 spiro atoms. The smallest absolute Gasteiger partial charge is 0.307 e. The minimum absolute atomic E-state index is 0.0433. The second-order valence-corrected chi connectivity index (χ2v) is 3.29. The van der Waals surface area contributed by atoms with Crippen LogP contribution in [0.15, 0.2) is 12.1 Å². The minimum Gasteiger partial charge on any atom is -0.469 e. The number of methoxy groups -OCH3 is 1. The number of anilines is 1. The van der Waals surface area contributed by atoms with Gasteiger partial charge in [0.25, 0.3) is 5.69 Å². The Hall–Kier alpha value is -2.25. The van der Waals surface area contributed by atoms with Crippen LogP contribution in [0.1, 0.15) is 6.42 Å². The molecule has 18 heavy (non-hydrogen) atoms. The van der Waals surface area contributed by atoms with E-state index in [1.807, 2.05) is 0 Å². The van der Waals surface area contributed by atoms with Gasteiger partial charge in [-0.2, -0.15) is 0 Å². The number of nitro benzene ring substituents is 1. The molecule has 6 nitrogen and oxygen atoms in total. The summed E-state index contributed by atoms with van der Waals surface area (Å²) < 4.78 is 31.1. The number of halogens is 2. The second kappa shape index (κ2) is 5.89. The zero-order chi connectivity index (χ0) is 13.7. The van der Waals surface area contributed by atoms with Crippen LogP contribution in [-0.4, -0.2) is 24.5 Å². The first-order valence-electron chi connectivity index (χ1n) is 4.90. The number of carbonyl (C=O) groups excluding carboxylic acids is 1. The van der Waals surface area contributed by atoms with Crippen LogP contribution in [-0.2, 0) is 9.53 Å². The lowest BCUT2D eigenvalue weighted by Crippen LogP contribution is -2.11. The molecule has 0 radical (unpaired) electrons. The minimum atomic E-state index is -1.09. The molecule has 1 aromatic carbocycles. The zero-order valence-corrected chi connectivity index (χ0v) is 9.41. The Morgan fingerprint density at radius 1 is 1.44 bits per heavy atom. The van der Waals surface area contributed by atoms with Gasteiger partial charge in [0.15, 0.2) is 11.6 Å². The summed E-state index contributed by atoms with van der Waals surface area (Å²) >= 11 is 0. The number of hydrogen-bond acceptors (Lipinski definition) is 5. The van der Waals surface area contributed by atoms with Crippen molar-refractivity contribution >= 4 is 17.3 Å². The van der Waals surface area contributed by atoms with Crippen LogP contribution in [0.2, 0.25) is 0 Å². The SMILES string of the molecule is COC(=O)CCNc1c(F)cc([N+](=O)[O-])cc1F. The number of nitrogens with zero attached hydrogens (tertiary/aromatic N) is 1. The van der Waals surface area contributed by atoms with E-state index in [0.29, 0.717) is 12.1 Å². The Bertz CT molecular complexity index is 456. The van der Waals surface area contributed by atoms with E-state index in [1.165, 1.54) is 7.11 Å². The summed E-state index contributed by atoms with van der Waals surface area (Å²) in [4.78, 5) is 20.2. The van der Waals surface area contributed by atoms with E-state index in [9.17, 15) is 23.7 Å². The molecule has 0 aliphatic heterocycles. The summed E-state index contributed by atoms with van der Waals surface area (Å²) in [6.45, 7) is -0.0433. The van der Waals surface area contributed by atoms with E-state index >= 15 is 0 Å². The topological polar surface area (TPSA) is 81.5 Å². The second-order valence-electron chi connectivity index (χ2n) is 3.29. The predicted octanol–water partition coefficient (Wildman–Crippen LogP) is 1.85. The molecule has 1 rings (SSSR count). The standard InChI is InChI=1S/C10H10F2N2O4/c1-18-9(15)2-3-13-10-7(11)4-6(14(16)17)5-8(10)12/h4-5,13H,2-3H2,1H3. The van der Waals surface area contributed by atoms with Crippen LogP contribution >= 0.6 is 0 Å². The van der Waals surface area contributed by atoms with E-state index in [4.69, 9.17) is 0 Å². The highest BCUT2D eigenvalue weighted by Gasteiger charge is 2.16. The summed E-state index contributed by atoms with van der Waals surface area (Å²) in [5.74, 6) is -2.72. The number of non-ortho nitro benzene ring substituents is 1. The maximum absolute atomic E-state index is 13.4. The third kappa shape index (κ3) is 3.37. The molecule has 0 atom stereocenters. The molecule has 98 valence electrons. The third-order valence-electron chi connectivity index (χ3n) is 2.10. The van der Waals surface area contributed by atoms with E-state index in [2.05, 4.69) is 10.1 Å². The largest absolute Gasteiger partial charge is 0.469 e. The number of esters is 1. The molecule has 1 N–H and O–H groups in total. The van der Waals surface area contributed by atoms with Gasteiger partial charge in [-0.1, -0.05) is 0 Å². The first-order chi connectivity index (χ1) is 8.45. The van der Waals surface area contributed by atoms with Gasteiger partial charge in [-0.3, -0.25) is 14.9 Å². The van der Waals surface area contributed by atoms with Crippen LogP contribution in [0.25, 0.3) is 0 Å². The molecule has 0 amide bonds. The number of benzene rings is 1. The summed E-state index contributed by atoms with van der Waals surface area (Å²) in [6, 6.07) is 1.20. The zero-order valence-electron chi connectivity index (χ0n) is 9.41. The number of ether oxygens (including phenoxy) is 1. The van der Waals surface area contributed by atoms with Gasteiger partial charge in [-0.05, 0) is 0 Å². The summed E-state index contributed by atoms with van der Waals surface area (Å²) in [7, 11) is 1.19. The van der Waals surface area contributed by atoms with Crippen molar-refractivity contribution in [3.63, 3.8) is 0 Å². The van der Waals surface area contributed by atoms with Crippen LogP contribution in [0, 0.1) is 21.7 Å². The number of carbonyl (C=O) groups is 1. The lowest BCUT2D eigenvalue weighted by Gasteiger charge is -2.07. The van der Waals surface area contributed by atoms with Gasteiger partial charge in [0.2, 0.25) is 0 Å². The van der Waals surface area contributed by atoms with Gasteiger partial charge in [-0.25, -0.2) is 8.78 Å². The van der Waals surface area contributed by atoms with E-state index < -0.39 is 33.9 Å². The van der Waals surface area contributed by atoms with Crippen molar-refractivity contribution in [3.8, 4) is 0 Å². The lowest BCUT2D eigenvalue weighted by molar-refractivity contribution is -0.385. The molecule has 0 bridgehead atoms. The molecule has 0 unspecified atom stereocenters.